The fourth-order valence-corrected chi connectivity index (χ4v) is 5.86. The van der Waals surface area contributed by atoms with E-state index >= 15 is 0 Å². The highest BCUT2D eigenvalue weighted by Crippen LogP contribution is 2.47. The Labute approximate surface area is 275 Å². The molecule has 0 saturated heterocycles. The van der Waals surface area contributed by atoms with Crippen LogP contribution in [0.5, 0.6) is 11.5 Å². The molecule has 0 spiro atoms. The standard InChI is InChI=1S/C36H36F4N4O4/c1-5-43(6-2)27-17-24(33-22-12-10-20(41)15-30(22)47-31-16-21(42)11-13-23(31)33)29(46-4)19-28(27)44(7-3)14-8-9-32(45)48-36-34(39)25(37)18-26(38)35(36)40/h10-13,15-19,41H,5-9,14,42H2,1-4H3. The van der Waals surface area contributed by atoms with Crippen molar-refractivity contribution in [3.63, 3.8) is 0 Å². The van der Waals surface area contributed by atoms with E-state index in [0.29, 0.717) is 54.3 Å². The van der Waals surface area contributed by atoms with E-state index < -0.39 is 35.0 Å². The molecule has 0 atom stereocenters. The van der Waals surface area contributed by atoms with Gasteiger partial charge in [0, 0.05) is 84.6 Å². The highest BCUT2D eigenvalue weighted by atomic mass is 19.2. The maximum atomic E-state index is 14.0. The third-order valence-electron chi connectivity index (χ3n) is 8.23. The number of nitrogens with zero attached hydrogens (tertiary/aromatic N) is 2. The third-order valence-corrected chi connectivity index (χ3v) is 8.23. The number of carbonyl (C=O) groups is 1. The molecule has 0 amide bonds. The molecule has 3 aromatic carbocycles. The molecule has 1 heterocycles. The van der Waals surface area contributed by atoms with Gasteiger partial charge < -0.3 is 34.8 Å². The lowest BCUT2D eigenvalue weighted by molar-refractivity contribution is -0.134. The first-order chi connectivity index (χ1) is 23.0. The number of nitrogen functional groups attached to an aromatic ring is 1. The van der Waals surface area contributed by atoms with Crippen LogP contribution in [0.2, 0.25) is 0 Å². The van der Waals surface area contributed by atoms with Crippen molar-refractivity contribution < 1.29 is 36.2 Å². The lowest BCUT2D eigenvalue weighted by atomic mass is 9.92. The van der Waals surface area contributed by atoms with Crippen molar-refractivity contribution in [1.29, 1.82) is 5.41 Å². The Bertz CT molecular complexity index is 1990. The van der Waals surface area contributed by atoms with Crippen molar-refractivity contribution in [2.45, 2.75) is 33.6 Å². The maximum Gasteiger partial charge on any atom is 0.311 e. The summed E-state index contributed by atoms with van der Waals surface area (Å²) in [5, 5.41) is 9.28. The van der Waals surface area contributed by atoms with Crippen LogP contribution in [0.3, 0.4) is 0 Å². The number of benzene rings is 4. The minimum atomic E-state index is -1.77. The van der Waals surface area contributed by atoms with E-state index in [1.54, 1.807) is 31.4 Å². The van der Waals surface area contributed by atoms with Gasteiger partial charge in [0.05, 0.1) is 23.8 Å². The second kappa shape index (κ2) is 14.2. The number of rotatable bonds is 12. The summed E-state index contributed by atoms with van der Waals surface area (Å²) in [4.78, 5) is 16.7. The normalized spacial score (nSPS) is 11.2. The summed E-state index contributed by atoms with van der Waals surface area (Å²) >= 11 is 0. The first kappa shape index (κ1) is 34.1. The van der Waals surface area contributed by atoms with Gasteiger partial charge in [-0.3, -0.25) is 4.79 Å². The molecule has 3 N–H and O–H groups in total. The molecule has 0 saturated carbocycles. The molecule has 0 bridgehead atoms. The summed E-state index contributed by atoms with van der Waals surface area (Å²) in [6, 6.07) is 14.7. The Morgan fingerprint density at radius 2 is 1.52 bits per heavy atom. The minimum absolute atomic E-state index is 0.0511. The van der Waals surface area contributed by atoms with Crippen molar-refractivity contribution in [3.05, 3.63) is 83.2 Å². The number of carbonyl (C=O) groups excluding carboxylic acids is 1. The van der Waals surface area contributed by atoms with Gasteiger partial charge in [0.1, 0.15) is 17.1 Å². The van der Waals surface area contributed by atoms with Gasteiger partial charge in [-0.15, -0.1) is 0 Å². The van der Waals surface area contributed by atoms with Crippen molar-refractivity contribution in [2.75, 3.05) is 48.8 Å². The highest BCUT2D eigenvalue weighted by molar-refractivity contribution is 6.05. The second-order valence-electron chi connectivity index (χ2n) is 11.1. The van der Waals surface area contributed by atoms with E-state index in [-0.39, 0.29) is 18.9 Å². The zero-order chi connectivity index (χ0) is 34.7. The van der Waals surface area contributed by atoms with E-state index in [1.165, 1.54) is 0 Å². The molecular formula is C36H36F4N4O4. The number of halogens is 4. The number of ether oxygens (including phenoxy) is 2. The van der Waals surface area contributed by atoms with Gasteiger partial charge in [-0.1, -0.05) is 0 Å². The van der Waals surface area contributed by atoms with Crippen LogP contribution in [0.1, 0.15) is 33.6 Å². The predicted molar refractivity (Wildman–Crippen MR) is 178 cm³/mol. The van der Waals surface area contributed by atoms with E-state index in [9.17, 15) is 22.4 Å². The third kappa shape index (κ3) is 6.60. The van der Waals surface area contributed by atoms with E-state index in [2.05, 4.69) is 11.0 Å². The molecule has 1 aliphatic carbocycles. The summed E-state index contributed by atoms with van der Waals surface area (Å²) in [7, 11) is 1.58. The lowest BCUT2D eigenvalue weighted by Crippen LogP contribution is -2.29. The summed E-state index contributed by atoms with van der Waals surface area (Å²) in [5.41, 5.74) is 11.4. The molecule has 0 unspecified atom stereocenters. The summed E-state index contributed by atoms with van der Waals surface area (Å²) < 4.78 is 72.2. The smallest absolute Gasteiger partial charge is 0.311 e. The number of nitrogens with two attached hydrogens (primary N) is 1. The second-order valence-corrected chi connectivity index (χ2v) is 11.1. The van der Waals surface area contributed by atoms with Crippen LogP contribution in [-0.4, -0.2) is 39.3 Å². The molecule has 3 aromatic rings. The van der Waals surface area contributed by atoms with Gasteiger partial charge in [0.25, 0.3) is 0 Å². The van der Waals surface area contributed by atoms with Crippen LogP contribution in [0, 0.1) is 28.7 Å². The number of methoxy groups -OCH3 is 1. The van der Waals surface area contributed by atoms with Crippen LogP contribution in [0.15, 0.2) is 59.0 Å². The highest BCUT2D eigenvalue weighted by Gasteiger charge is 2.26. The Hall–Kier alpha value is -5.26. The molecule has 1 aliphatic heterocycles. The van der Waals surface area contributed by atoms with Gasteiger partial charge >= 0.3 is 5.97 Å². The monoisotopic (exact) mass is 664 g/mol. The number of anilines is 3. The first-order valence-corrected chi connectivity index (χ1v) is 15.6. The SMILES string of the molecule is CCN(CC)c1cc(-c2c3ccc(=N)cc-3oc3cc(N)ccc23)c(OC)cc1N(CC)CCCC(=O)Oc1c(F)c(F)cc(F)c1F. The Morgan fingerprint density at radius 3 is 2.17 bits per heavy atom. The molecule has 0 fully saturated rings. The van der Waals surface area contributed by atoms with Crippen LogP contribution in [0.4, 0.5) is 34.6 Å². The van der Waals surface area contributed by atoms with Crippen LogP contribution in [0.25, 0.3) is 33.4 Å². The number of esters is 1. The van der Waals surface area contributed by atoms with Gasteiger partial charge in [0.15, 0.2) is 11.6 Å². The van der Waals surface area contributed by atoms with Gasteiger partial charge in [-0.25, -0.2) is 8.78 Å². The largest absolute Gasteiger partial charge is 0.496 e. The summed E-state index contributed by atoms with van der Waals surface area (Å²) in [6.45, 7) is 8.28. The van der Waals surface area contributed by atoms with E-state index in [4.69, 9.17) is 25.0 Å². The Balaban J connectivity index is 1.54. The molecule has 0 aromatic heterocycles. The molecule has 252 valence electrons. The van der Waals surface area contributed by atoms with Crippen molar-refractivity contribution >= 4 is 34.0 Å². The molecule has 48 heavy (non-hydrogen) atoms. The van der Waals surface area contributed by atoms with Crippen LogP contribution >= 0.6 is 0 Å². The van der Waals surface area contributed by atoms with Crippen LogP contribution < -0.4 is 30.4 Å². The number of nitrogens with one attached hydrogen (secondary N) is 1. The zero-order valence-electron chi connectivity index (χ0n) is 27.1. The minimum Gasteiger partial charge on any atom is -0.496 e. The predicted octanol–water partition coefficient (Wildman–Crippen LogP) is 7.89. The fraction of sp³-hybridized carbons (Fsp3) is 0.278. The number of fused-ring (bicyclic) bond motifs is 2. The van der Waals surface area contributed by atoms with Crippen molar-refractivity contribution in [1.82, 2.24) is 0 Å². The van der Waals surface area contributed by atoms with Crippen LogP contribution in [-0.2, 0) is 4.79 Å². The zero-order valence-corrected chi connectivity index (χ0v) is 27.1. The average Bonchev–Trinajstić information content (AvgIpc) is 3.07. The van der Waals surface area contributed by atoms with E-state index in [0.717, 1.165) is 33.5 Å². The number of hydrogen-bond donors (Lipinski definition) is 2. The Morgan fingerprint density at radius 1 is 0.854 bits per heavy atom. The molecule has 8 nitrogen and oxygen atoms in total. The van der Waals surface area contributed by atoms with Gasteiger partial charge in [-0.05, 0) is 57.5 Å². The molecule has 2 aliphatic rings. The van der Waals surface area contributed by atoms with Crippen molar-refractivity contribution in [3.8, 4) is 33.9 Å². The van der Waals surface area contributed by atoms with Crippen molar-refractivity contribution in [2.24, 2.45) is 0 Å². The maximum absolute atomic E-state index is 14.0. The molecule has 12 heteroatoms. The Kier molecular flexibility index (Phi) is 10.1. The first-order valence-electron chi connectivity index (χ1n) is 15.6. The lowest BCUT2D eigenvalue weighted by Gasteiger charge is -2.32. The average molecular weight is 665 g/mol. The van der Waals surface area contributed by atoms with E-state index in [1.807, 2.05) is 43.9 Å². The molecular weight excluding hydrogens is 628 g/mol. The topological polar surface area (TPSA) is 105 Å². The summed E-state index contributed by atoms with van der Waals surface area (Å²) in [6.07, 6.45) is -0.0578. The van der Waals surface area contributed by atoms with Gasteiger partial charge in [0.2, 0.25) is 17.4 Å². The summed E-state index contributed by atoms with van der Waals surface area (Å²) in [5.74, 6) is -8.21. The van der Waals surface area contributed by atoms with Gasteiger partial charge in [-0.2, -0.15) is 8.78 Å². The molecule has 5 rings (SSSR count). The quantitative estimate of drug-likeness (QED) is 0.0349. The molecule has 0 radical (unpaired) electrons. The number of hydrogen-bond acceptors (Lipinski definition) is 8. The fourth-order valence-electron chi connectivity index (χ4n) is 5.86.